The van der Waals surface area contributed by atoms with Gasteiger partial charge in [0.25, 0.3) is 0 Å². The summed E-state index contributed by atoms with van der Waals surface area (Å²) in [6.07, 6.45) is 0. The van der Waals surface area contributed by atoms with Crippen LogP contribution in [-0.2, 0) is 0 Å². The molecule has 2 aromatic heterocycles. The van der Waals surface area contributed by atoms with Gasteiger partial charge in [0.1, 0.15) is 11.2 Å². The molecule has 0 atom stereocenters. The van der Waals surface area contributed by atoms with Crippen LogP contribution in [0.5, 0.6) is 0 Å². The minimum absolute atomic E-state index is 0.905. The van der Waals surface area contributed by atoms with Crippen molar-refractivity contribution in [3.05, 3.63) is 200 Å². The lowest BCUT2D eigenvalue weighted by Gasteiger charge is -2.26. The zero-order chi connectivity index (χ0) is 36.3. The highest BCUT2D eigenvalue weighted by Crippen LogP contribution is 2.43. The van der Waals surface area contributed by atoms with Crippen LogP contribution in [0.2, 0.25) is 0 Å². The molecule has 11 aromatic rings. The summed E-state index contributed by atoms with van der Waals surface area (Å²) in [6, 6.07) is 72.2. The Bertz CT molecular complexity index is 3170. The zero-order valence-corrected chi connectivity index (χ0v) is 30.6. The molecule has 11 rings (SSSR count). The van der Waals surface area contributed by atoms with Crippen LogP contribution >= 0.6 is 11.3 Å². The van der Waals surface area contributed by atoms with Gasteiger partial charge in [0.05, 0.1) is 0 Å². The van der Waals surface area contributed by atoms with Gasteiger partial charge in [0, 0.05) is 48.0 Å². The summed E-state index contributed by atoms with van der Waals surface area (Å²) >= 11 is 1.87. The summed E-state index contributed by atoms with van der Waals surface area (Å²) in [5.41, 5.74) is 12.2. The zero-order valence-electron chi connectivity index (χ0n) is 29.8. The monoisotopic (exact) mass is 719 g/mol. The molecule has 0 unspecified atom stereocenters. The average Bonchev–Trinajstić information content (AvgIpc) is 3.83. The fourth-order valence-corrected chi connectivity index (χ4v) is 9.33. The van der Waals surface area contributed by atoms with Gasteiger partial charge in [-0.25, -0.2) is 0 Å². The van der Waals surface area contributed by atoms with Crippen molar-refractivity contribution in [2.24, 2.45) is 0 Å². The second kappa shape index (κ2) is 12.9. The molecule has 258 valence electrons. The number of thiophene rings is 1. The standard InChI is InChI=1S/C52H33NOS/c1-2-9-34(10-3-1)35-17-25-40(26-18-35)53(41-27-19-36(20-28-41)39-23-31-45-44-12-4-6-15-47(44)54-48(45)33-39)42-29-21-37(22-30-42)43-14-8-11-38-24-32-50-52(51(38)43)46-13-5-7-16-49(46)55-50/h1-33H. The molecule has 0 amide bonds. The fourth-order valence-electron chi connectivity index (χ4n) is 8.21. The van der Waals surface area contributed by atoms with Crippen molar-refractivity contribution in [3.8, 4) is 33.4 Å². The van der Waals surface area contributed by atoms with E-state index in [1.165, 1.54) is 53.2 Å². The highest BCUT2D eigenvalue weighted by atomic mass is 32.1. The van der Waals surface area contributed by atoms with Gasteiger partial charge in [-0.05, 0) is 111 Å². The van der Waals surface area contributed by atoms with Crippen LogP contribution in [0, 0.1) is 0 Å². The Labute approximate surface area is 322 Å². The third-order valence-electron chi connectivity index (χ3n) is 10.9. The molecule has 0 saturated heterocycles. The third-order valence-corrected chi connectivity index (χ3v) is 12.0. The van der Waals surface area contributed by atoms with Crippen molar-refractivity contribution in [2.75, 3.05) is 4.90 Å². The van der Waals surface area contributed by atoms with E-state index in [4.69, 9.17) is 4.42 Å². The van der Waals surface area contributed by atoms with E-state index in [2.05, 4.69) is 193 Å². The summed E-state index contributed by atoms with van der Waals surface area (Å²) in [7, 11) is 0. The predicted octanol–water partition coefficient (Wildman–Crippen LogP) is 15.6. The Morgan fingerprint density at radius 3 is 1.67 bits per heavy atom. The maximum Gasteiger partial charge on any atom is 0.136 e. The molecule has 0 aliphatic rings. The van der Waals surface area contributed by atoms with Crippen LogP contribution in [0.1, 0.15) is 0 Å². The summed E-state index contributed by atoms with van der Waals surface area (Å²) in [5, 5.41) is 7.53. The molecule has 2 nitrogen and oxygen atoms in total. The molecule has 2 heterocycles. The van der Waals surface area contributed by atoms with Gasteiger partial charge in [0.2, 0.25) is 0 Å². The first-order valence-corrected chi connectivity index (χ1v) is 19.5. The van der Waals surface area contributed by atoms with Gasteiger partial charge >= 0.3 is 0 Å². The SMILES string of the molecule is c1ccc(-c2ccc(N(c3ccc(-c4ccc5c(c4)oc4ccccc45)cc3)c3ccc(-c4cccc5ccc6sc7ccccc7c6c45)cc3)cc2)cc1. The van der Waals surface area contributed by atoms with Crippen molar-refractivity contribution in [2.45, 2.75) is 0 Å². The van der Waals surface area contributed by atoms with Gasteiger partial charge in [-0.2, -0.15) is 0 Å². The molecule has 9 aromatic carbocycles. The molecule has 0 fully saturated rings. The average molecular weight is 720 g/mol. The van der Waals surface area contributed by atoms with E-state index in [0.29, 0.717) is 0 Å². The van der Waals surface area contributed by atoms with E-state index < -0.39 is 0 Å². The first kappa shape index (κ1) is 31.6. The predicted molar refractivity (Wildman–Crippen MR) is 235 cm³/mol. The van der Waals surface area contributed by atoms with Crippen LogP contribution in [0.25, 0.3) is 86.3 Å². The molecule has 0 spiro atoms. The number of para-hydroxylation sites is 1. The molecule has 0 N–H and O–H groups in total. The number of furan rings is 1. The second-order valence-corrected chi connectivity index (χ2v) is 15.2. The molecule has 0 aliphatic carbocycles. The van der Waals surface area contributed by atoms with Gasteiger partial charge in [-0.1, -0.05) is 133 Å². The summed E-state index contributed by atoms with van der Waals surface area (Å²) < 4.78 is 8.87. The number of hydrogen-bond donors (Lipinski definition) is 0. The van der Waals surface area contributed by atoms with Crippen molar-refractivity contribution >= 4 is 81.3 Å². The Morgan fingerprint density at radius 1 is 0.345 bits per heavy atom. The van der Waals surface area contributed by atoms with E-state index in [9.17, 15) is 0 Å². The number of nitrogens with zero attached hydrogens (tertiary/aromatic N) is 1. The van der Waals surface area contributed by atoms with E-state index in [-0.39, 0.29) is 0 Å². The van der Waals surface area contributed by atoms with Crippen LogP contribution in [0.15, 0.2) is 205 Å². The smallest absolute Gasteiger partial charge is 0.136 e. The Balaban J connectivity index is 1.000. The number of benzene rings is 9. The molecular formula is C52H33NOS. The molecule has 3 heteroatoms. The summed E-state index contributed by atoms with van der Waals surface area (Å²) in [5.74, 6) is 0. The largest absolute Gasteiger partial charge is 0.456 e. The number of rotatable bonds is 6. The van der Waals surface area contributed by atoms with Gasteiger partial charge in [-0.3, -0.25) is 0 Å². The van der Waals surface area contributed by atoms with E-state index in [1.807, 2.05) is 23.5 Å². The minimum atomic E-state index is 0.905. The van der Waals surface area contributed by atoms with Crippen LogP contribution < -0.4 is 4.90 Å². The molecule has 0 aliphatic heterocycles. The molecular weight excluding hydrogens is 687 g/mol. The minimum Gasteiger partial charge on any atom is -0.456 e. The quantitative estimate of drug-likeness (QED) is 0.170. The lowest BCUT2D eigenvalue weighted by molar-refractivity contribution is 0.669. The van der Waals surface area contributed by atoms with Crippen molar-refractivity contribution in [3.63, 3.8) is 0 Å². The molecule has 0 saturated carbocycles. The Hall–Kier alpha value is -6.94. The maximum absolute atomic E-state index is 6.23. The highest BCUT2D eigenvalue weighted by Gasteiger charge is 2.17. The van der Waals surface area contributed by atoms with Crippen molar-refractivity contribution < 1.29 is 4.42 Å². The first-order chi connectivity index (χ1) is 27.2. The van der Waals surface area contributed by atoms with E-state index >= 15 is 0 Å². The number of anilines is 3. The second-order valence-electron chi connectivity index (χ2n) is 14.1. The molecule has 55 heavy (non-hydrogen) atoms. The Kier molecular flexibility index (Phi) is 7.39. The normalized spacial score (nSPS) is 11.6. The third kappa shape index (κ3) is 5.40. The van der Waals surface area contributed by atoms with E-state index in [1.54, 1.807) is 0 Å². The Morgan fingerprint density at radius 2 is 0.927 bits per heavy atom. The van der Waals surface area contributed by atoms with E-state index in [0.717, 1.165) is 50.1 Å². The number of hydrogen-bond acceptors (Lipinski definition) is 3. The van der Waals surface area contributed by atoms with Gasteiger partial charge < -0.3 is 9.32 Å². The number of fused-ring (bicyclic) bond motifs is 8. The van der Waals surface area contributed by atoms with Crippen molar-refractivity contribution in [1.82, 2.24) is 0 Å². The lowest BCUT2D eigenvalue weighted by atomic mass is 9.94. The van der Waals surface area contributed by atoms with Crippen LogP contribution in [0.4, 0.5) is 17.1 Å². The first-order valence-electron chi connectivity index (χ1n) is 18.7. The lowest BCUT2D eigenvalue weighted by Crippen LogP contribution is -2.09. The van der Waals surface area contributed by atoms with Gasteiger partial charge in [-0.15, -0.1) is 11.3 Å². The fraction of sp³-hybridized carbons (Fsp3) is 0. The summed E-state index contributed by atoms with van der Waals surface area (Å²) in [6.45, 7) is 0. The maximum atomic E-state index is 6.23. The van der Waals surface area contributed by atoms with Crippen LogP contribution in [-0.4, -0.2) is 0 Å². The van der Waals surface area contributed by atoms with Crippen LogP contribution in [0.3, 0.4) is 0 Å². The topological polar surface area (TPSA) is 16.4 Å². The summed E-state index contributed by atoms with van der Waals surface area (Å²) in [4.78, 5) is 2.35. The highest BCUT2D eigenvalue weighted by molar-refractivity contribution is 7.26. The van der Waals surface area contributed by atoms with Gasteiger partial charge in [0.15, 0.2) is 0 Å². The molecule has 0 bridgehead atoms. The van der Waals surface area contributed by atoms with Crippen molar-refractivity contribution in [1.29, 1.82) is 0 Å². The molecule has 0 radical (unpaired) electrons.